The number of rotatable bonds is 5. The highest BCUT2D eigenvalue weighted by Gasteiger charge is 2.31. The number of anilines is 2. The number of benzene rings is 3. The van der Waals surface area contributed by atoms with Crippen molar-refractivity contribution in [3.63, 3.8) is 0 Å². The monoisotopic (exact) mass is 534 g/mol. The van der Waals surface area contributed by atoms with Crippen LogP contribution in [-0.2, 0) is 25.7 Å². The smallest absolute Gasteiger partial charge is 0.351 e. The highest BCUT2D eigenvalue weighted by atomic mass is 19.4. The molecule has 3 heterocycles. The molecule has 3 aromatic carbocycles. The van der Waals surface area contributed by atoms with Gasteiger partial charge in [-0.2, -0.15) is 13.2 Å². The van der Waals surface area contributed by atoms with Crippen LogP contribution in [0.4, 0.5) is 29.5 Å². The molecule has 0 bridgehead atoms. The Kier molecular flexibility index (Phi) is 6.05. The summed E-state index contributed by atoms with van der Waals surface area (Å²) in [7, 11) is 0. The number of halogens is 4. The van der Waals surface area contributed by atoms with E-state index in [9.17, 15) is 22.4 Å². The summed E-state index contributed by atoms with van der Waals surface area (Å²) < 4.78 is 54.6. The molecule has 0 radical (unpaired) electrons. The number of hydrogen-bond donors (Lipinski definition) is 2. The van der Waals surface area contributed by atoms with Crippen LogP contribution in [0.25, 0.3) is 16.7 Å². The second-order valence-electron chi connectivity index (χ2n) is 9.28. The summed E-state index contributed by atoms with van der Waals surface area (Å²) in [5, 5.41) is 3.19. The predicted molar refractivity (Wildman–Crippen MR) is 139 cm³/mol. The highest BCUT2D eigenvalue weighted by Crippen LogP contribution is 2.32. The first kappa shape index (κ1) is 24.7. The second-order valence-corrected chi connectivity index (χ2v) is 9.28. The van der Waals surface area contributed by atoms with E-state index in [-0.39, 0.29) is 30.0 Å². The summed E-state index contributed by atoms with van der Waals surface area (Å²) in [4.78, 5) is 27.9. The Hall–Kier alpha value is -4.67. The molecule has 0 fully saturated rings. The number of para-hydroxylation sites is 1. The van der Waals surface area contributed by atoms with Crippen LogP contribution in [0, 0.1) is 5.82 Å². The van der Waals surface area contributed by atoms with Gasteiger partial charge in [-0.3, -0.25) is 4.79 Å². The van der Waals surface area contributed by atoms with E-state index in [2.05, 4.69) is 15.3 Å². The van der Waals surface area contributed by atoms with Crippen LogP contribution in [0.3, 0.4) is 0 Å². The molecule has 7 nitrogen and oxygen atoms in total. The number of nitrogens with zero attached hydrogens (tertiary/aromatic N) is 4. The zero-order chi connectivity index (χ0) is 27.1. The van der Waals surface area contributed by atoms with Crippen molar-refractivity contribution in [3.8, 4) is 5.69 Å². The normalized spacial score (nSPS) is 13.5. The van der Waals surface area contributed by atoms with Gasteiger partial charge in [-0.15, -0.1) is 0 Å². The molecule has 2 aromatic heterocycles. The van der Waals surface area contributed by atoms with Gasteiger partial charge in [0.15, 0.2) is 0 Å². The van der Waals surface area contributed by atoms with Crippen LogP contribution in [0.5, 0.6) is 0 Å². The van der Waals surface area contributed by atoms with Crippen LogP contribution in [0.2, 0.25) is 0 Å². The van der Waals surface area contributed by atoms with Gasteiger partial charge in [-0.05, 0) is 48.0 Å². The maximum Gasteiger partial charge on any atom is 0.416 e. The van der Waals surface area contributed by atoms with E-state index in [0.717, 1.165) is 12.1 Å². The molecule has 6 rings (SSSR count). The first-order valence-corrected chi connectivity index (χ1v) is 12.3. The number of aromatic nitrogens is 4. The number of imidazole rings is 1. The molecule has 0 atom stereocenters. The largest absolute Gasteiger partial charge is 0.416 e. The lowest BCUT2D eigenvalue weighted by atomic mass is 10.1. The van der Waals surface area contributed by atoms with Crippen molar-refractivity contribution in [3.05, 3.63) is 111 Å². The van der Waals surface area contributed by atoms with Crippen molar-refractivity contribution in [2.45, 2.75) is 25.7 Å². The average Bonchev–Trinajstić information content (AvgIpc) is 3.36. The summed E-state index contributed by atoms with van der Waals surface area (Å²) >= 11 is 0. The van der Waals surface area contributed by atoms with Crippen LogP contribution in [-0.4, -0.2) is 26.1 Å². The van der Waals surface area contributed by atoms with Crippen molar-refractivity contribution >= 4 is 22.9 Å². The molecule has 1 aliphatic heterocycles. The van der Waals surface area contributed by atoms with E-state index < -0.39 is 11.7 Å². The maximum absolute atomic E-state index is 13.8. The molecule has 11 heteroatoms. The quantitative estimate of drug-likeness (QED) is 0.294. The SMILES string of the molecule is O=c1c2c(nc(NCc3cccc(F)c3)n1-c1ccccc1)CCN(c1nc3ccc(C(F)(F)F)cc3[nH]1)C2. The molecule has 5 aromatic rings. The van der Waals surface area contributed by atoms with E-state index >= 15 is 0 Å². The lowest BCUT2D eigenvalue weighted by Gasteiger charge is -2.28. The van der Waals surface area contributed by atoms with Gasteiger partial charge in [0.2, 0.25) is 11.9 Å². The number of hydrogen-bond acceptors (Lipinski definition) is 5. The van der Waals surface area contributed by atoms with E-state index in [1.165, 1.54) is 22.8 Å². The van der Waals surface area contributed by atoms with Gasteiger partial charge < -0.3 is 15.2 Å². The minimum atomic E-state index is -4.46. The Morgan fingerprint density at radius 1 is 0.974 bits per heavy atom. The Morgan fingerprint density at radius 2 is 1.79 bits per heavy atom. The van der Waals surface area contributed by atoms with Gasteiger partial charge >= 0.3 is 6.18 Å². The number of nitrogens with one attached hydrogen (secondary N) is 2. The molecule has 0 unspecified atom stereocenters. The van der Waals surface area contributed by atoms with Gasteiger partial charge in [-0.1, -0.05) is 30.3 Å². The third-order valence-corrected chi connectivity index (χ3v) is 6.68. The number of aromatic amines is 1. The standard InChI is InChI=1S/C28H22F4N6O/c29-19-6-4-5-17(13-19)15-33-26-34-22-11-12-37(16-21(22)25(39)38(26)20-7-2-1-3-8-20)27-35-23-10-9-18(28(30,31)32)14-24(23)36-27/h1-10,13-14H,11-12,15-16H2,(H,33,34)(H,35,36). The van der Waals surface area contributed by atoms with Crippen molar-refractivity contribution in [1.29, 1.82) is 0 Å². The Balaban J connectivity index is 1.35. The first-order valence-electron chi connectivity index (χ1n) is 12.3. The highest BCUT2D eigenvalue weighted by molar-refractivity contribution is 5.78. The van der Waals surface area contributed by atoms with Crippen molar-refractivity contribution in [2.75, 3.05) is 16.8 Å². The molecule has 39 heavy (non-hydrogen) atoms. The van der Waals surface area contributed by atoms with Crippen LogP contribution in [0.1, 0.15) is 22.4 Å². The Morgan fingerprint density at radius 3 is 2.56 bits per heavy atom. The van der Waals surface area contributed by atoms with Crippen molar-refractivity contribution in [1.82, 2.24) is 19.5 Å². The molecule has 0 spiro atoms. The number of fused-ring (bicyclic) bond motifs is 2. The third kappa shape index (κ3) is 4.83. The van der Waals surface area contributed by atoms with Gasteiger partial charge in [0.05, 0.1) is 40.1 Å². The van der Waals surface area contributed by atoms with E-state index in [1.54, 1.807) is 24.3 Å². The second kappa shape index (κ2) is 9.57. The van der Waals surface area contributed by atoms with Gasteiger partial charge in [0.25, 0.3) is 5.56 Å². The minimum Gasteiger partial charge on any atom is -0.351 e. The molecule has 0 amide bonds. The Bertz CT molecular complexity index is 1730. The summed E-state index contributed by atoms with van der Waals surface area (Å²) in [6.45, 7) is 0.912. The van der Waals surface area contributed by atoms with Crippen molar-refractivity contribution < 1.29 is 17.6 Å². The summed E-state index contributed by atoms with van der Waals surface area (Å²) in [6.07, 6.45) is -4.03. The summed E-state index contributed by atoms with van der Waals surface area (Å²) in [6, 6.07) is 18.6. The molecule has 0 saturated heterocycles. The average molecular weight is 535 g/mol. The molecule has 1 aliphatic rings. The molecular formula is C28H22F4N6O. The zero-order valence-corrected chi connectivity index (χ0v) is 20.5. The number of H-pyrrole nitrogens is 1. The van der Waals surface area contributed by atoms with Gasteiger partial charge in [0.1, 0.15) is 5.82 Å². The molecule has 0 aliphatic carbocycles. The summed E-state index contributed by atoms with van der Waals surface area (Å²) in [5.41, 5.74) is 2.04. The van der Waals surface area contributed by atoms with Crippen LogP contribution < -0.4 is 15.8 Å². The fourth-order valence-electron chi connectivity index (χ4n) is 4.74. The first-order chi connectivity index (χ1) is 18.8. The zero-order valence-electron chi connectivity index (χ0n) is 20.5. The molecule has 0 saturated carbocycles. The topological polar surface area (TPSA) is 78.8 Å². The van der Waals surface area contributed by atoms with Gasteiger partial charge in [0, 0.05) is 19.5 Å². The van der Waals surface area contributed by atoms with Crippen LogP contribution >= 0.6 is 0 Å². The predicted octanol–water partition coefficient (Wildman–Crippen LogP) is 5.44. The number of alkyl halides is 3. The minimum absolute atomic E-state index is 0.185. The summed E-state index contributed by atoms with van der Waals surface area (Å²) in [5.74, 6) is 0.369. The van der Waals surface area contributed by atoms with Gasteiger partial charge in [-0.25, -0.2) is 18.9 Å². The Labute approximate surface area is 219 Å². The van der Waals surface area contributed by atoms with Crippen LogP contribution in [0.15, 0.2) is 77.6 Å². The van der Waals surface area contributed by atoms with E-state index in [1.807, 2.05) is 23.1 Å². The fourth-order valence-corrected chi connectivity index (χ4v) is 4.74. The maximum atomic E-state index is 13.8. The molecular weight excluding hydrogens is 512 g/mol. The third-order valence-electron chi connectivity index (χ3n) is 6.68. The lowest BCUT2D eigenvalue weighted by molar-refractivity contribution is -0.137. The fraction of sp³-hybridized carbons (Fsp3) is 0.179. The van der Waals surface area contributed by atoms with E-state index in [4.69, 9.17) is 4.98 Å². The van der Waals surface area contributed by atoms with E-state index in [0.29, 0.717) is 52.9 Å². The molecule has 2 N–H and O–H groups in total. The van der Waals surface area contributed by atoms with Crippen molar-refractivity contribution in [2.24, 2.45) is 0 Å². The molecule has 198 valence electrons. The lowest BCUT2D eigenvalue weighted by Crippen LogP contribution is -2.39.